The van der Waals surface area contributed by atoms with Gasteiger partial charge in [0.2, 0.25) is 0 Å². The zero-order valence-corrected chi connectivity index (χ0v) is 13.0. The molecule has 1 aromatic rings. The van der Waals surface area contributed by atoms with Crippen LogP contribution in [0.5, 0.6) is 0 Å². The molecule has 1 rings (SSSR count). The molecule has 1 N–H and O–H groups in total. The number of hydrogen-bond acceptors (Lipinski definition) is 4. The van der Waals surface area contributed by atoms with Gasteiger partial charge in [-0.2, -0.15) is 11.8 Å². The topological polar surface area (TPSA) is 28.2 Å². The van der Waals surface area contributed by atoms with Crippen molar-refractivity contribution in [3.8, 4) is 0 Å². The molecule has 0 fully saturated rings. The Morgan fingerprint density at radius 1 is 1.50 bits per heavy atom. The molecule has 1 heterocycles. The second-order valence-corrected chi connectivity index (χ2v) is 5.52. The maximum absolute atomic E-state index is 4.40. The predicted molar refractivity (Wildman–Crippen MR) is 82.6 cm³/mol. The molecule has 1 atom stereocenters. The van der Waals surface area contributed by atoms with E-state index in [1.165, 1.54) is 11.3 Å². The van der Waals surface area contributed by atoms with Gasteiger partial charge in [0.15, 0.2) is 0 Å². The van der Waals surface area contributed by atoms with Crippen LogP contribution in [0.15, 0.2) is 12.3 Å². The van der Waals surface area contributed by atoms with Crippen molar-refractivity contribution >= 4 is 17.4 Å². The summed E-state index contributed by atoms with van der Waals surface area (Å²) in [5.41, 5.74) is 3.65. The number of nitrogens with zero attached hydrogens (tertiary/aromatic N) is 2. The summed E-state index contributed by atoms with van der Waals surface area (Å²) in [5.74, 6) is 1.16. The van der Waals surface area contributed by atoms with E-state index in [1.807, 2.05) is 25.0 Å². The summed E-state index contributed by atoms with van der Waals surface area (Å²) in [6.07, 6.45) is 5.32. The highest BCUT2D eigenvalue weighted by Crippen LogP contribution is 2.23. The SMILES string of the molecule is CCC(CSC)N(C)c1cc(C)ncc1CNC. The zero-order chi connectivity index (χ0) is 13.5. The van der Waals surface area contributed by atoms with E-state index >= 15 is 0 Å². The maximum Gasteiger partial charge on any atom is 0.0445 e. The number of pyridine rings is 1. The summed E-state index contributed by atoms with van der Waals surface area (Å²) < 4.78 is 0. The van der Waals surface area contributed by atoms with Crippen LogP contribution < -0.4 is 10.2 Å². The van der Waals surface area contributed by atoms with Gasteiger partial charge in [-0.15, -0.1) is 0 Å². The van der Waals surface area contributed by atoms with Crippen molar-refractivity contribution in [1.82, 2.24) is 10.3 Å². The van der Waals surface area contributed by atoms with E-state index in [0.717, 1.165) is 24.4 Å². The van der Waals surface area contributed by atoms with Crippen LogP contribution in [0.1, 0.15) is 24.6 Å². The Morgan fingerprint density at radius 3 is 2.78 bits per heavy atom. The van der Waals surface area contributed by atoms with Gasteiger partial charge in [0.25, 0.3) is 0 Å². The fraction of sp³-hybridized carbons (Fsp3) is 0.643. The average molecular weight is 267 g/mol. The second-order valence-electron chi connectivity index (χ2n) is 4.61. The number of nitrogens with one attached hydrogen (secondary N) is 1. The first-order valence-electron chi connectivity index (χ1n) is 6.45. The molecule has 18 heavy (non-hydrogen) atoms. The van der Waals surface area contributed by atoms with Crippen LogP contribution >= 0.6 is 11.8 Å². The number of aromatic nitrogens is 1. The molecule has 1 unspecified atom stereocenters. The molecule has 3 nitrogen and oxygen atoms in total. The first-order chi connectivity index (χ1) is 8.63. The van der Waals surface area contributed by atoms with E-state index in [1.54, 1.807) is 0 Å². The van der Waals surface area contributed by atoms with Crippen molar-refractivity contribution in [3.63, 3.8) is 0 Å². The van der Waals surface area contributed by atoms with Gasteiger partial charge in [-0.25, -0.2) is 0 Å². The Hall–Kier alpha value is -0.740. The van der Waals surface area contributed by atoms with Gasteiger partial charge in [0.1, 0.15) is 0 Å². The van der Waals surface area contributed by atoms with Crippen molar-refractivity contribution < 1.29 is 0 Å². The summed E-state index contributed by atoms with van der Waals surface area (Å²) >= 11 is 1.91. The fourth-order valence-electron chi connectivity index (χ4n) is 2.12. The van der Waals surface area contributed by atoms with Crippen molar-refractivity contribution in [1.29, 1.82) is 0 Å². The number of anilines is 1. The lowest BCUT2D eigenvalue weighted by Gasteiger charge is -2.30. The smallest absolute Gasteiger partial charge is 0.0445 e. The minimum Gasteiger partial charge on any atom is -0.370 e. The molecule has 102 valence electrons. The molecule has 0 aliphatic heterocycles. The van der Waals surface area contributed by atoms with Gasteiger partial charge in [-0.1, -0.05) is 6.92 Å². The fourth-order valence-corrected chi connectivity index (χ4v) is 2.97. The third kappa shape index (κ3) is 3.89. The van der Waals surface area contributed by atoms with Crippen molar-refractivity contribution in [3.05, 3.63) is 23.5 Å². The van der Waals surface area contributed by atoms with Crippen molar-refractivity contribution in [2.24, 2.45) is 0 Å². The molecule has 0 spiro atoms. The largest absolute Gasteiger partial charge is 0.370 e. The summed E-state index contributed by atoms with van der Waals surface area (Å²) in [5, 5.41) is 3.22. The van der Waals surface area contributed by atoms with E-state index in [4.69, 9.17) is 0 Å². The summed E-state index contributed by atoms with van der Waals surface area (Å²) in [4.78, 5) is 6.80. The first-order valence-corrected chi connectivity index (χ1v) is 7.85. The Labute approximate surface area is 115 Å². The van der Waals surface area contributed by atoms with Crippen molar-refractivity contribution in [2.75, 3.05) is 31.0 Å². The normalized spacial score (nSPS) is 12.5. The van der Waals surface area contributed by atoms with Gasteiger partial charge >= 0.3 is 0 Å². The molecular formula is C14H25N3S. The number of thioether (sulfide) groups is 1. The third-order valence-electron chi connectivity index (χ3n) is 3.22. The second kappa shape index (κ2) is 7.64. The first kappa shape index (κ1) is 15.3. The van der Waals surface area contributed by atoms with Crippen LogP contribution in [-0.4, -0.2) is 37.1 Å². The number of rotatable bonds is 7. The highest BCUT2D eigenvalue weighted by atomic mass is 32.2. The molecule has 0 radical (unpaired) electrons. The predicted octanol–water partition coefficient (Wildman–Crippen LogP) is 2.69. The number of hydrogen-bond donors (Lipinski definition) is 1. The monoisotopic (exact) mass is 267 g/mol. The van der Waals surface area contributed by atoms with E-state index in [9.17, 15) is 0 Å². The van der Waals surface area contributed by atoms with E-state index in [-0.39, 0.29) is 0 Å². The molecule has 0 bridgehead atoms. The van der Waals surface area contributed by atoms with Crippen LogP contribution in [0, 0.1) is 6.92 Å². The average Bonchev–Trinajstić information content (AvgIpc) is 2.37. The van der Waals surface area contributed by atoms with E-state index < -0.39 is 0 Å². The number of aryl methyl sites for hydroxylation is 1. The Kier molecular flexibility index (Phi) is 6.50. The molecule has 0 aliphatic rings. The van der Waals surface area contributed by atoms with Gasteiger partial charge in [0, 0.05) is 48.5 Å². The van der Waals surface area contributed by atoms with Crippen molar-refractivity contribution in [2.45, 2.75) is 32.9 Å². The van der Waals surface area contributed by atoms with Crippen LogP contribution in [-0.2, 0) is 6.54 Å². The van der Waals surface area contributed by atoms with E-state index in [0.29, 0.717) is 6.04 Å². The molecule has 0 saturated carbocycles. The Balaban J connectivity index is 3.00. The molecule has 1 aromatic heterocycles. The highest BCUT2D eigenvalue weighted by Gasteiger charge is 2.16. The minimum atomic E-state index is 0.581. The standard InChI is InChI=1S/C14H25N3S/c1-6-13(10-18-5)17(4)14-7-11(2)16-9-12(14)8-15-3/h7,9,13,15H,6,8,10H2,1-5H3. The molecule has 0 saturated heterocycles. The lowest BCUT2D eigenvalue weighted by atomic mass is 10.1. The van der Waals surface area contributed by atoms with Crippen LogP contribution in [0.25, 0.3) is 0 Å². The molecule has 0 aliphatic carbocycles. The van der Waals surface area contributed by atoms with Gasteiger partial charge < -0.3 is 10.2 Å². The quantitative estimate of drug-likeness (QED) is 0.822. The van der Waals surface area contributed by atoms with E-state index in [2.05, 4.69) is 48.4 Å². The van der Waals surface area contributed by atoms with Gasteiger partial charge in [0.05, 0.1) is 0 Å². The lowest BCUT2D eigenvalue weighted by Crippen LogP contribution is -2.34. The molecule has 4 heteroatoms. The van der Waals surface area contributed by atoms with Crippen LogP contribution in [0.4, 0.5) is 5.69 Å². The Bertz CT molecular complexity index is 368. The Morgan fingerprint density at radius 2 is 2.22 bits per heavy atom. The summed E-state index contributed by atoms with van der Waals surface area (Å²) in [6, 6.07) is 2.77. The lowest BCUT2D eigenvalue weighted by molar-refractivity contribution is 0.666. The van der Waals surface area contributed by atoms with Gasteiger partial charge in [-0.3, -0.25) is 4.98 Å². The zero-order valence-electron chi connectivity index (χ0n) is 12.2. The third-order valence-corrected chi connectivity index (χ3v) is 3.94. The summed E-state index contributed by atoms with van der Waals surface area (Å²) in [6.45, 7) is 5.17. The van der Waals surface area contributed by atoms with Crippen LogP contribution in [0.3, 0.4) is 0 Å². The minimum absolute atomic E-state index is 0.581. The van der Waals surface area contributed by atoms with Crippen LogP contribution in [0.2, 0.25) is 0 Å². The highest BCUT2D eigenvalue weighted by molar-refractivity contribution is 7.98. The van der Waals surface area contributed by atoms with Gasteiger partial charge in [-0.05, 0) is 32.7 Å². The molecule has 0 amide bonds. The maximum atomic E-state index is 4.40. The summed E-state index contributed by atoms with van der Waals surface area (Å²) in [7, 11) is 4.17. The molecule has 0 aromatic carbocycles. The molecular weight excluding hydrogens is 242 g/mol.